The number of ether oxygens (including phenoxy) is 1. The molecule has 0 heterocycles. The Labute approximate surface area is 113 Å². The third kappa shape index (κ3) is 2.29. The molecule has 0 saturated heterocycles. The molecule has 0 aromatic heterocycles. The minimum Gasteiger partial charge on any atom is -0.385 e. The maximum absolute atomic E-state index is 10.5. The third-order valence-corrected chi connectivity index (χ3v) is 3.99. The standard InChI is InChI=1S/C17H18O2/c1-19-16-11-17(18,12-16)15-9-7-14(8-10-15)13-5-3-2-4-6-13/h2-10,16,18H,11-12H2,1H3. The Morgan fingerprint density at radius 2 is 1.53 bits per heavy atom. The fraction of sp³-hybridized carbons (Fsp3) is 0.294. The van der Waals surface area contributed by atoms with Gasteiger partial charge in [0.15, 0.2) is 0 Å². The van der Waals surface area contributed by atoms with Gasteiger partial charge in [-0.1, -0.05) is 54.6 Å². The van der Waals surface area contributed by atoms with Crippen molar-refractivity contribution in [3.63, 3.8) is 0 Å². The first-order chi connectivity index (χ1) is 9.21. The maximum Gasteiger partial charge on any atom is 0.0946 e. The second-order valence-electron chi connectivity index (χ2n) is 5.24. The molecule has 1 N–H and O–H groups in total. The van der Waals surface area contributed by atoms with Crippen LogP contribution in [0.5, 0.6) is 0 Å². The van der Waals surface area contributed by atoms with Crippen LogP contribution < -0.4 is 0 Å². The lowest BCUT2D eigenvalue weighted by atomic mass is 9.72. The van der Waals surface area contributed by atoms with Gasteiger partial charge in [0.1, 0.15) is 0 Å². The summed E-state index contributed by atoms with van der Waals surface area (Å²) in [5.74, 6) is 0. The quantitative estimate of drug-likeness (QED) is 0.910. The average Bonchev–Trinajstić information content (AvgIpc) is 2.45. The Balaban J connectivity index is 1.81. The Morgan fingerprint density at radius 3 is 2.11 bits per heavy atom. The first kappa shape index (κ1) is 12.4. The van der Waals surface area contributed by atoms with E-state index in [-0.39, 0.29) is 6.10 Å². The summed E-state index contributed by atoms with van der Waals surface area (Å²) < 4.78 is 5.24. The van der Waals surface area contributed by atoms with Gasteiger partial charge in [0.25, 0.3) is 0 Å². The molecule has 2 aromatic rings. The van der Waals surface area contributed by atoms with Crippen LogP contribution in [0.15, 0.2) is 54.6 Å². The number of benzene rings is 2. The van der Waals surface area contributed by atoms with Crippen molar-refractivity contribution < 1.29 is 9.84 Å². The number of rotatable bonds is 3. The van der Waals surface area contributed by atoms with Crippen LogP contribution in [-0.2, 0) is 10.3 Å². The topological polar surface area (TPSA) is 29.5 Å². The maximum atomic E-state index is 10.5. The lowest BCUT2D eigenvalue weighted by Gasteiger charge is -2.43. The van der Waals surface area contributed by atoms with Gasteiger partial charge in [-0.2, -0.15) is 0 Å². The minimum absolute atomic E-state index is 0.193. The molecule has 0 radical (unpaired) electrons. The van der Waals surface area contributed by atoms with Crippen molar-refractivity contribution in [3.05, 3.63) is 60.2 Å². The third-order valence-electron chi connectivity index (χ3n) is 3.99. The summed E-state index contributed by atoms with van der Waals surface area (Å²) in [6, 6.07) is 18.5. The molecule has 1 saturated carbocycles. The van der Waals surface area contributed by atoms with Gasteiger partial charge in [0.05, 0.1) is 11.7 Å². The van der Waals surface area contributed by atoms with Crippen LogP contribution in [0.4, 0.5) is 0 Å². The summed E-state index contributed by atoms with van der Waals surface area (Å²) in [4.78, 5) is 0. The molecule has 0 bridgehead atoms. The average molecular weight is 254 g/mol. The highest BCUT2D eigenvalue weighted by Gasteiger charge is 2.44. The van der Waals surface area contributed by atoms with Crippen LogP contribution in [0, 0.1) is 0 Å². The number of aliphatic hydroxyl groups is 1. The zero-order chi connectivity index (χ0) is 13.3. The van der Waals surface area contributed by atoms with E-state index in [1.54, 1.807) is 7.11 Å². The molecule has 0 aliphatic heterocycles. The first-order valence-corrected chi connectivity index (χ1v) is 6.62. The second-order valence-corrected chi connectivity index (χ2v) is 5.24. The number of hydrogen-bond acceptors (Lipinski definition) is 2. The molecule has 19 heavy (non-hydrogen) atoms. The van der Waals surface area contributed by atoms with Crippen LogP contribution >= 0.6 is 0 Å². The highest BCUT2D eigenvalue weighted by atomic mass is 16.5. The van der Waals surface area contributed by atoms with Gasteiger partial charge in [0.2, 0.25) is 0 Å². The van der Waals surface area contributed by atoms with E-state index in [0.29, 0.717) is 12.8 Å². The zero-order valence-electron chi connectivity index (χ0n) is 11.0. The van der Waals surface area contributed by atoms with Crippen molar-refractivity contribution in [3.8, 4) is 11.1 Å². The van der Waals surface area contributed by atoms with Gasteiger partial charge in [-0.05, 0) is 16.7 Å². The number of methoxy groups -OCH3 is 1. The van der Waals surface area contributed by atoms with Crippen LogP contribution in [-0.4, -0.2) is 18.3 Å². The van der Waals surface area contributed by atoms with E-state index < -0.39 is 5.60 Å². The Kier molecular flexibility index (Phi) is 3.13. The molecule has 1 fully saturated rings. The van der Waals surface area contributed by atoms with Crippen LogP contribution in [0.3, 0.4) is 0 Å². The summed E-state index contributed by atoms with van der Waals surface area (Å²) >= 11 is 0. The normalized spacial score (nSPS) is 25.9. The van der Waals surface area contributed by atoms with Crippen molar-refractivity contribution >= 4 is 0 Å². The monoisotopic (exact) mass is 254 g/mol. The predicted molar refractivity (Wildman–Crippen MR) is 75.8 cm³/mol. The Hall–Kier alpha value is -1.64. The van der Waals surface area contributed by atoms with E-state index in [1.165, 1.54) is 11.1 Å². The molecule has 1 aliphatic carbocycles. The van der Waals surface area contributed by atoms with E-state index in [2.05, 4.69) is 24.3 Å². The number of hydrogen-bond donors (Lipinski definition) is 1. The summed E-state index contributed by atoms with van der Waals surface area (Å²) in [7, 11) is 1.70. The fourth-order valence-electron chi connectivity index (χ4n) is 2.70. The molecule has 2 aromatic carbocycles. The van der Waals surface area contributed by atoms with Gasteiger partial charge >= 0.3 is 0 Å². The van der Waals surface area contributed by atoms with E-state index in [1.807, 2.05) is 30.3 Å². The van der Waals surface area contributed by atoms with Gasteiger partial charge in [-0.25, -0.2) is 0 Å². The van der Waals surface area contributed by atoms with Crippen LogP contribution in [0.25, 0.3) is 11.1 Å². The van der Waals surface area contributed by atoms with Crippen molar-refractivity contribution in [2.45, 2.75) is 24.5 Å². The molecule has 2 nitrogen and oxygen atoms in total. The van der Waals surface area contributed by atoms with E-state index in [4.69, 9.17) is 4.74 Å². The molecule has 1 aliphatic rings. The molecule has 0 atom stereocenters. The van der Waals surface area contributed by atoms with Crippen molar-refractivity contribution in [2.24, 2.45) is 0 Å². The molecule has 0 amide bonds. The molecule has 98 valence electrons. The molecule has 2 heteroatoms. The van der Waals surface area contributed by atoms with Gasteiger partial charge in [-0.15, -0.1) is 0 Å². The SMILES string of the molecule is COC1CC(O)(c2ccc(-c3ccccc3)cc2)C1. The molecule has 3 rings (SSSR count). The van der Waals surface area contributed by atoms with Gasteiger partial charge < -0.3 is 9.84 Å². The van der Waals surface area contributed by atoms with E-state index in [0.717, 1.165) is 5.56 Å². The van der Waals surface area contributed by atoms with Crippen molar-refractivity contribution in [1.82, 2.24) is 0 Å². The highest BCUT2D eigenvalue weighted by Crippen LogP contribution is 2.43. The smallest absolute Gasteiger partial charge is 0.0946 e. The summed E-state index contributed by atoms with van der Waals surface area (Å²) in [5.41, 5.74) is 2.66. The molecule has 0 spiro atoms. The summed E-state index contributed by atoms with van der Waals surface area (Å²) in [6.07, 6.45) is 1.57. The summed E-state index contributed by atoms with van der Waals surface area (Å²) in [6.45, 7) is 0. The molecular weight excluding hydrogens is 236 g/mol. The first-order valence-electron chi connectivity index (χ1n) is 6.62. The predicted octanol–water partition coefficient (Wildman–Crippen LogP) is 3.35. The fourth-order valence-corrected chi connectivity index (χ4v) is 2.70. The second kappa shape index (κ2) is 4.80. The van der Waals surface area contributed by atoms with Crippen molar-refractivity contribution in [1.29, 1.82) is 0 Å². The summed E-state index contributed by atoms with van der Waals surface area (Å²) in [5, 5.41) is 10.5. The lowest BCUT2D eigenvalue weighted by molar-refractivity contribution is -0.133. The van der Waals surface area contributed by atoms with Gasteiger partial charge in [0, 0.05) is 20.0 Å². The van der Waals surface area contributed by atoms with E-state index >= 15 is 0 Å². The van der Waals surface area contributed by atoms with Crippen LogP contribution in [0.1, 0.15) is 18.4 Å². The lowest BCUT2D eigenvalue weighted by Crippen LogP contribution is -2.45. The highest BCUT2D eigenvalue weighted by molar-refractivity contribution is 5.63. The largest absolute Gasteiger partial charge is 0.385 e. The molecular formula is C17H18O2. The minimum atomic E-state index is -0.699. The van der Waals surface area contributed by atoms with Crippen molar-refractivity contribution in [2.75, 3.05) is 7.11 Å². The van der Waals surface area contributed by atoms with Crippen LogP contribution in [0.2, 0.25) is 0 Å². The Bertz CT molecular complexity index is 539. The Morgan fingerprint density at radius 1 is 0.947 bits per heavy atom. The van der Waals surface area contributed by atoms with E-state index in [9.17, 15) is 5.11 Å². The zero-order valence-corrected chi connectivity index (χ0v) is 11.0. The van der Waals surface area contributed by atoms with Gasteiger partial charge in [-0.3, -0.25) is 0 Å². The molecule has 0 unspecified atom stereocenters.